The molecule has 1 amide bonds. The van der Waals surface area contributed by atoms with Crippen LogP contribution in [-0.4, -0.2) is 38.4 Å². The van der Waals surface area contributed by atoms with Crippen molar-refractivity contribution in [3.8, 4) is 0 Å². The van der Waals surface area contributed by atoms with Crippen LogP contribution in [0.15, 0.2) is 5.38 Å². The van der Waals surface area contributed by atoms with Crippen molar-refractivity contribution in [3.05, 3.63) is 11.1 Å². The number of rotatable bonds is 6. The molecule has 0 radical (unpaired) electrons. The second kappa shape index (κ2) is 6.67. The van der Waals surface area contributed by atoms with Crippen LogP contribution in [0.5, 0.6) is 0 Å². The summed E-state index contributed by atoms with van der Waals surface area (Å²) in [5.41, 5.74) is 0.975. The number of amides is 1. The Labute approximate surface area is 124 Å². The van der Waals surface area contributed by atoms with E-state index in [-0.39, 0.29) is 11.7 Å². The summed E-state index contributed by atoms with van der Waals surface area (Å²) in [5, 5.41) is 2.57. The number of carbonyl (C=O) groups excluding carboxylic acids is 1. The number of thiazole rings is 1. The average Bonchev–Trinajstić information content (AvgIpc) is 2.83. The quantitative estimate of drug-likeness (QED) is 0.807. The van der Waals surface area contributed by atoms with Gasteiger partial charge in [-0.25, -0.2) is 13.4 Å². The Morgan fingerprint density at radius 2 is 2.05 bits per heavy atom. The van der Waals surface area contributed by atoms with E-state index < -0.39 is 15.8 Å². The molecule has 0 spiro atoms. The Bertz CT molecular complexity index is 566. The number of hydrogen-bond donors (Lipinski definition) is 0. The highest BCUT2D eigenvalue weighted by Crippen LogP contribution is 2.26. The fourth-order valence-corrected chi connectivity index (χ4v) is 3.78. The third-order valence-electron chi connectivity index (χ3n) is 3.22. The molecule has 0 saturated heterocycles. The molecular weight excluding hydrogens is 296 g/mol. The summed E-state index contributed by atoms with van der Waals surface area (Å²) in [7, 11) is -1.52. The van der Waals surface area contributed by atoms with Crippen molar-refractivity contribution >= 4 is 32.2 Å². The number of sulfone groups is 1. The second-order valence-corrected chi connectivity index (χ2v) is 8.28. The molecule has 0 aliphatic carbocycles. The van der Waals surface area contributed by atoms with Gasteiger partial charge >= 0.3 is 0 Å². The zero-order valence-electron chi connectivity index (χ0n) is 12.6. The summed E-state index contributed by atoms with van der Waals surface area (Å²) < 4.78 is 22.5. The number of anilines is 1. The molecular formula is C13H22N2O3S2. The highest BCUT2D eigenvalue weighted by molar-refractivity contribution is 7.90. The van der Waals surface area contributed by atoms with Gasteiger partial charge in [0.05, 0.1) is 11.4 Å². The largest absolute Gasteiger partial charge is 0.291 e. The van der Waals surface area contributed by atoms with Gasteiger partial charge < -0.3 is 0 Å². The van der Waals surface area contributed by atoms with Crippen molar-refractivity contribution in [1.82, 2.24) is 4.98 Å². The molecule has 0 saturated carbocycles. The Kier molecular flexibility index (Phi) is 5.70. The molecule has 0 bridgehead atoms. The molecule has 1 aromatic heterocycles. The van der Waals surface area contributed by atoms with Gasteiger partial charge in [0, 0.05) is 24.6 Å². The van der Waals surface area contributed by atoms with Crippen molar-refractivity contribution in [2.75, 3.05) is 24.0 Å². The first-order chi connectivity index (χ1) is 9.15. The highest BCUT2D eigenvalue weighted by atomic mass is 32.2. The summed E-state index contributed by atoms with van der Waals surface area (Å²) in [4.78, 5) is 18.1. The summed E-state index contributed by atoms with van der Waals surface area (Å²) in [6.45, 7) is 5.81. The summed E-state index contributed by atoms with van der Waals surface area (Å²) >= 11 is 1.41. The van der Waals surface area contributed by atoms with E-state index in [1.165, 1.54) is 16.2 Å². The topological polar surface area (TPSA) is 67.3 Å². The van der Waals surface area contributed by atoms with Crippen LogP contribution in [0.1, 0.15) is 38.8 Å². The summed E-state index contributed by atoms with van der Waals surface area (Å²) in [5.74, 6) is -0.567. The third kappa shape index (κ3) is 4.56. The number of nitrogens with zero attached hydrogens (tertiary/aromatic N) is 2. The van der Waals surface area contributed by atoms with E-state index in [1.54, 1.807) is 14.0 Å². The average molecular weight is 318 g/mol. The Hall–Kier alpha value is -0.950. The first-order valence-electron chi connectivity index (χ1n) is 6.56. The molecule has 7 heteroatoms. The monoisotopic (exact) mass is 318 g/mol. The van der Waals surface area contributed by atoms with E-state index >= 15 is 0 Å². The van der Waals surface area contributed by atoms with Crippen molar-refractivity contribution in [2.45, 2.75) is 33.1 Å². The maximum Gasteiger partial charge on any atom is 0.232 e. The van der Waals surface area contributed by atoms with Crippen LogP contribution >= 0.6 is 11.3 Å². The molecule has 0 aliphatic rings. The minimum absolute atomic E-state index is 0.139. The van der Waals surface area contributed by atoms with Crippen LogP contribution in [0.25, 0.3) is 0 Å². The van der Waals surface area contributed by atoms with E-state index in [9.17, 15) is 13.2 Å². The number of hydrogen-bond acceptors (Lipinski definition) is 5. The van der Waals surface area contributed by atoms with Gasteiger partial charge in [0.2, 0.25) is 5.91 Å². The maximum absolute atomic E-state index is 12.2. The van der Waals surface area contributed by atoms with E-state index in [1.807, 2.05) is 5.38 Å². The molecule has 1 rings (SSSR count). The lowest BCUT2D eigenvalue weighted by Gasteiger charge is -2.18. The van der Waals surface area contributed by atoms with Gasteiger partial charge in [-0.1, -0.05) is 20.8 Å². The van der Waals surface area contributed by atoms with Crippen molar-refractivity contribution < 1.29 is 13.2 Å². The predicted octanol–water partition coefficient (Wildman–Crippen LogP) is 2.30. The van der Waals surface area contributed by atoms with Crippen LogP contribution in [-0.2, 0) is 14.6 Å². The molecule has 114 valence electrons. The van der Waals surface area contributed by atoms with E-state index in [4.69, 9.17) is 0 Å². The SMILES string of the molecule is CC[C@H](C)c1csc(N(C)C(=O)[C@H](C)CS(C)(=O)=O)n1. The van der Waals surface area contributed by atoms with Gasteiger partial charge in [-0.3, -0.25) is 9.69 Å². The van der Waals surface area contributed by atoms with Gasteiger partial charge in [0.25, 0.3) is 0 Å². The van der Waals surface area contributed by atoms with Gasteiger partial charge in [0.1, 0.15) is 9.84 Å². The van der Waals surface area contributed by atoms with Gasteiger partial charge in [-0.15, -0.1) is 11.3 Å². The fourth-order valence-electron chi connectivity index (χ4n) is 1.82. The molecule has 0 N–H and O–H groups in total. The normalized spacial score (nSPS) is 14.8. The lowest BCUT2D eigenvalue weighted by atomic mass is 10.1. The zero-order chi connectivity index (χ0) is 15.5. The van der Waals surface area contributed by atoms with E-state index in [0.717, 1.165) is 18.4 Å². The molecule has 2 atom stereocenters. The number of aromatic nitrogens is 1. The molecule has 0 aromatic carbocycles. The minimum atomic E-state index is -3.16. The lowest BCUT2D eigenvalue weighted by molar-refractivity contribution is -0.121. The van der Waals surface area contributed by atoms with Crippen LogP contribution in [0, 0.1) is 5.92 Å². The predicted molar refractivity (Wildman–Crippen MR) is 83.1 cm³/mol. The van der Waals surface area contributed by atoms with E-state index in [2.05, 4.69) is 18.8 Å². The Balaban J connectivity index is 2.81. The first-order valence-corrected chi connectivity index (χ1v) is 9.50. The second-order valence-electron chi connectivity index (χ2n) is 5.25. The van der Waals surface area contributed by atoms with Crippen LogP contribution in [0.4, 0.5) is 5.13 Å². The first kappa shape index (κ1) is 17.1. The van der Waals surface area contributed by atoms with Crippen LogP contribution in [0.2, 0.25) is 0 Å². The van der Waals surface area contributed by atoms with Gasteiger partial charge in [-0.2, -0.15) is 0 Å². The molecule has 1 aromatic rings. The fraction of sp³-hybridized carbons (Fsp3) is 0.692. The van der Waals surface area contributed by atoms with Crippen molar-refractivity contribution in [2.24, 2.45) is 5.92 Å². The number of carbonyl (C=O) groups is 1. The zero-order valence-corrected chi connectivity index (χ0v) is 14.2. The molecule has 0 fully saturated rings. The van der Waals surface area contributed by atoms with E-state index in [0.29, 0.717) is 11.0 Å². The Morgan fingerprint density at radius 3 is 2.55 bits per heavy atom. The lowest BCUT2D eigenvalue weighted by Crippen LogP contribution is -2.34. The Morgan fingerprint density at radius 1 is 1.45 bits per heavy atom. The molecule has 0 aliphatic heterocycles. The van der Waals surface area contributed by atoms with Crippen molar-refractivity contribution in [1.29, 1.82) is 0 Å². The molecule has 1 heterocycles. The minimum Gasteiger partial charge on any atom is -0.291 e. The van der Waals surface area contributed by atoms with Gasteiger partial charge in [-0.05, 0) is 12.3 Å². The van der Waals surface area contributed by atoms with Crippen molar-refractivity contribution in [3.63, 3.8) is 0 Å². The maximum atomic E-state index is 12.2. The van der Waals surface area contributed by atoms with Gasteiger partial charge in [0.15, 0.2) is 5.13 Å². The molecule has 5 nitrogen and oxygen atoms in total. The summed E-state index contributed by atoms with van der Waals surface area (Å²) in [6.07, 6.45) is 2.13. The van der Waals surface area contributed by atoms with Crippen LogP contribution < -0.4 is 4.90 Å². The highest BCUT2D eigenvalue weighted by Gasteiger charge is 2.24. The summed E-state index contributed by atoms with van der Waals surface area (Å²) in [6, 6.07) is 0. The van der Waals surface area contributed by atoms with Crippen LogP contribution in [0.3, 0.4) is 0 Å². The molecule has 20 heavy (non-hydrogen) atoms. The standard InChI is InChI=1S/C13H22N2O3S2/c1-6-9(2)11-7-19-13(14-11)15(4)12(16)10(3)8-20(5,17)18/h7,9-10H,6,8H2,1-5H3/t9-,10+/m0/s1. The third-order valence-corrected chi connectivity index (χ3v) is 5.26. The molecule has 0 unspecified atom stereocenters. The smallest absolute Gasteiger partial charge is 0.232 e.